The summed E-state index contributed by atoms with van der Waals surface area (Å²) in [5.41, 5.74) is 1.84. The molecule has 0 aliphatic rings. The Hall–Kier alpha value is -1.35. The zero-order chi connectivity index (χ0) is 12.0. The highest BCUT2D eigenvalue weighted by Crippen LogP contribution is 2.09. The van der Waals surface area contributed by atoms with E-state index in [9.17, 15) is 4.79 Å². The van der Waals surface area contributed by atoms with Crippen molar-refractivity contribution in [2.75, 3.05) is 0 Å². The molecule has 0 saturated heterocycles. The second-order valence-electron chi connectivity index (χ2n) is 3.95. The number of nitrogens with one attached hydrogen (secondary N) is 1. The molecule has 1 rings (SSSR count). The van der Waals surface area contributed by atoms with Crippen LogP contribution in [0.25, 0.3) is 0 Å². The molecule has 0 radical (unpaired) electrons. The first kappa shape index (κ1) is 12.7. The third-order valence-corrected chi connectivity index (χ3v) is 2.80. The lowest BCUT2D eigenvalue weighted by atomic mass is 10.1. The van der Waals surface area contributed by atoms with E-state index >= 15 is 0 Å². The van der Waals surface area contributed by atoms with Crippen LogP contribution in [-0.4, -0.2) is 11.0 Å². The average molecular weight is 221 g/mol. The normalized spacial score (nSPS) is 12.2. The molecule has 0 aliphatic carbocycles. The van der Waals surface area contributed by atoms with E-state index in [-0.39, 0.29) is 18.4 Å². The van der Waals surface area contributed by atoms with Gasteiger partial charge in [-0.15, -0.1) is 0 Å². The molecule has 1 amide bonds. The Morgan fingerprint density at radius 3 is 2.56 bits per heavy atom. The van der Waals surface area contributed by atoms with E-state index in [2.05, 4.69) is 5.32 Å². The van der Waals surface area contributed by atoms with Crippen LogP contribution in [0.4, 0.5) is 0 Å². The molecule has 0 heterocycles. The summed E-state index contributed by atoms with van der Waals surface area (Å²) in [5, 5.41) is 12.0. The van der Waals surface area contributed by atoms with Gasteiger partial charge in [0.2, 0.25) is 5.91 Å². The second-order valence-corrected chi connectivity index (χ2v) is 3.95. The maximum atomic E-state index is 11.6. The Bertz CT molecular complexity index is 350. The zero-order valence-corrected chi connectivity index (χ0v) is 9.86. The number of aliphatic hydroxyl groups excluding tert-OH is 1. The third-order valence-electron chi connectivity index (χ3n) is 2.80. The number of benzene rings is 1. The third kappa shape index (κ3) is 3.35. The van der Waals surface area contributed by atoms with Crippen molar-refractivity contribution in [3.8, 4) is 0 Å². The minimum absolute atomic E-state index is 0.00930. The molecule has 1 unspecified atom stereocenters. The van der Waals surface area contributed by atoms with E-state index in [1.54, 1.807) is 0 Å². The van der Waals surface area contributed by atoms with Gasteiger partial charge >= 0.3 is 0 Å². The molecule has 3 heteroatoms. The van der Waals surface area contributed by atoms with E-state index in [0.29, 0.717) is 6.54 Å². The summed E-state index contributed by atoms with van der Waals surface area (Å²) < 4.78 is 0. The molecule has 2 N–H and O–H groups in total. The molecular formula is C13H19NO2. The molecule has 1 atom stereocenters. The van der Waals surface area contributed by atoms with Crippen LogP contribution >= 0.6 is 0 Å². The highest BCUT2D eigenvalue weighted by molar-refractivity contribution is 5.78. The van der Waals surface area contributed by atoms with Crippen LogP contribution in [0.1, 0.15) is 31.4 Å². The standard InChI is InChI=1S/C13H19NO2/c1-3-10(2)13(16)14-8-11-6-4-5-7-12(11)9-15/h4-7,10,15H,3,8-9H2,1-2H3,(H,14,16). The van der Waals surface area contributed by atoms with Gasteiger partial charge in [-0.05, 0) is 17.5 Å². The van der Waals surface area contributed by atoms with Crippen LogP contribution in [0.15, 0.2) is 24.3 Å². The first-order valence-electron chi connectivity index (χ1n) is 5.64. The van der Waals surface area contributed by atoms with E-state index in [1.165, 1.54) is 0 Å². The van der Waals surface area contributed by atoms with Gasteiger partial charge in [0.15, 0.2) is 0 Å². The number of aliphatic hydroxyl groups is 1. The Morgan fingerprint density at radius 2 is 2.00 bits per heavy atom. The summed E-state index contributed by atoms with van der Waals surface area (Å²) in [6, 6.07) is 7.57. The van der Waals surface area contributed by atoms with Gasteiger partial charge in [0.1, 0.15) is 0 Å². The fourth-order valence-corrected chi connectivity index (χ4v) is 1.43. The van der Waals surface area contributed by atoms with Crippen LogP contribution in [-0.2, 0) is 17.9 Å². The molecule has 1 aromatic carbocycles. The van der Waals surface area contributed by atoms with Crippen molar-refractivity contribution < 1.29 is 9.90 Å². The quantitative estimate of drug-likeness (QED) is 0.797. The highest BCUT2D eigenvalue weighted by Gasteiger charge is 2.10. The van der Waals surface area contributed by atoms with Crippen LogP contribution in [0.3, 0.4) is 0 Å². The van der Waals surface area contributed by atoms with Gasteiger partial charge in [0.25, 0.3) is 0 Å². The SMILES string of the molecule is CCC(C)C(=O)NCc1ccccc1CO. The van der Waals surface area contributed by atoms with Crippen molar-refractivity contribution in [2.45, 2.75) is 33.4 Å². The molecule has 0 saturated carbocycles. The Balaban J connectivity index is 2.57. The van der Waals surface area contributed by atoms with Gasteiger partial charge in [-0.2, -0.15) is 0 Å². The van der Waals surface area contributed by atoms with Crippen molar-refractivity contribution in [2.24, 2.45) is 5.92 Å². The van der Waals surface area contributed by atoms with Gasteiger partial charge in [-0.3, -0.25) is 4.79 Å². The number of rotatable bonds is 5. The average Bonchev–Trinajstić information content (AvgIpc) is 2.35. The van der Waals surface area contributed by atoms with Crippen molar-refractivity contribution in [1.29, 1.82) is 0 Å². The number of hydrogen-bond acceptors (Lipinski definition) is 2. The van der Waals surface area contributed by atoms with Crippen molar-refractivity contribution >= 4 is 5.91 Å². The predicted molar refractivity (Wildman–Crippen MR) is 63.7 cm³/mol. The molecule has 88 valence electrons. The van der Waals surface area contributed by atoms with Gasteiger partial charge in [-0.1, -0.05) is 38.1 Å². The zero-order valence-electron chi connectivity index (χ0n) is 9.86. The smallest absolute Gasteiger partial charge is 0.223 e. The van der Waals surface area contributed by atoms with Crippen LogP contribution < -0.4 is 5.32 Å². The fourth-order valence-electron chi connectivity index (χ4n) is 1.43. The minimum atomic E-state index is 0.00930. The van der Waals surface area contributed by atoms with Gasteiger partial charge < -0.3 is 10.4 Å². The van der Waals surface area contributed by atoms with Crippen LogP contribution in [0.2, 0.25) is 0 Å². The minimum Gasteiger partial charge on any atom is -0.392 e. The topological polar surface area (TPSA) is 49.3 Å². The molecule has 3 nitrogen and oxygen atoms in total. The van der Waals surface area contributed by atoms with Crippen molar-refractivity contribution in [1.82, 2.24) is 5.32 Å². The fraction of sp³-hybridized carbons (Fsp3) is 0.462. The lowest BCUT2D eigenvalue weighted by Gasteiger charge is -2.11. The maximum absolute atomic E-state index is 11.6. The summed E-state index contributed by atoms with van der Waals surface area (Å²) in [6.07, 6.45) is 0.841. The summed E-state index contributed by atoms with van der Waals surface area (Å²) >= 11 is 0. The summed E-state index contributed by atoms with van der Waals surface area (Å²) in [5.74, 6) is 0.108. The number of carbonyl (C=O) groups is 1. The number of amides is 1. The van der Waals surface area contributed by atoms with Crippen molar-refractivity contribution in [3.05, 3.63) is 35.4 Å². The molecular weight excluding hydrogens is 202 g/mol. The molecule has 0 spiro atoms. The Kier molecular flexibility index (Phi) is 4.99. The first-order chi connectivity index (χ1) is 7.69. The largest absolute Gasteiger partial charge is 0.392 e. The van der Waals surface area contributed by atoms with Gasteiger partial charge in [0.05, 0.1) is 6.61 Å². The summed E-state index contributed by atoms with van der Waals surface area (Å²) in [7, 11) is 0. The maximum Gasteiger partial charge on any atom is 0.223 e. The van der Waals surface area contributed by atoms with Gasteiger partial charge in [-0.25, -0.2) is 0 Å². The van der Waals surface area contributed by atoms with E-state index in [0.717, 1.165) is 17.5 Å². The Morgan fingerprint density at radius 1 is 1.38 bits per heavy atom. The molecule has 0 aliphatic heterocycles. The van der Waals surface area contributed by atoms with Crippen LogP contribution in [0.5, 0.6) is 0 Å². The monoisotopic (exact) mass is 221 g/mol. The number of hydrogen-bond donors (Lipinski definition) is 2. The van der Waals surface area contributed by atoms with E-state index in [4.69, 9.17) is 5.11 Å². The number of carbonyl (C=O) groups excluding carboxylic acids is 1. The summed E-state index contributed by atoms with van der Waals surface area (Å²) in [4.78, 5) is 11.6. The predicted octanol–water partition coefficient (Wildman–Crippen LogP) is 1.84. The van der Waals surface area contributed by atoms with Gasteiger partial charge in [0, 0.05) is 12.5 Å². The molecule has 0 fully saturated rings. The molecule has 0 aromatic heterocycles. The Labute approximate surface area is 96.5 Å². The summed E-state index contributed by atoms with van der Waals surface area (Å²) in [6.45, 7) is 4.40. The molecule has 1 aromatic rings. The lowest BCUT2D eigenvalue weighted by molar-refractivity contribution is -0.124. The van der Waals surface area contributed by atoms with Crippen molar-refractivity contribution in [3.63, 3.8) is 0 Å². The van der Waals surface area contributed by atoms with Crippen LogP contribution in [0, 0.1) is 5.92 Å². The lowest BCUT2D eigenvalue weighted by Crippen LogP contribution is -2.28. The highest BCUT2D eigenvalue weighted by atomic mass is 16.3. The molecule has 0 bridgehead atoms. The molecule has 16 heavy (non-hydrogen) atoms. The van der Waals surface area contributed by atoms with E-state index in [1.807, 2.05) is 38.1 Å². The second kappa shape index (κ2) is 6.28. The first-order valence-corrected chi connectivity index (χ1v) is 5.64. The van der Waals surface area contributed by atoms with E-state index < -0.39 is 0 Å².